The lowest BCUT2D eigenvalue weighted by Crippen LogP contribution is -2.23. The predicted molar refractivity (Wildman–Crippen MR) is 79.6 cm³/mol. The summed E-state index contributed by atoms with van der Waals surface area (Å²) in [6.07, 6.45) is 3.88. The van der Waals surface area contributed by atoms with E-state index in [2.05, 4.69) is 60.5 Å². The van der Waals surface area contributed by atoms with E-state index in [4.69, 9.17) is 0 Å². The zero-order chi connectivity index (χ0) is 12.8. The lowest BCUT2D eigenvalue weighted by atomic mass is 10.0. The summed E-state index contributed by atoms with van der Waals surface area (Å²) in [5, 5.41) is 2.63. The summed E-state index contributed by atoms with van der Waals surface area (Å²) in [5.41, 5.74) is 1.36. The van der Waals surface area contributed by atoms with Gasteiger partial charge in [-0.2, -0.15) is 0 Å². The monoisotopic (exact) mass is 237 g/mol. The van der Waals surface area contributed by atoms with Crippen molar-refractivity contribution >= 4 is 10.8 Å². The number of hydrogen-bond donors (Lipinski definition) is 0. The van der Waals surface area contributed by atoms with E-state index < -0.39 is 0 Å². The molecule has 0 aliphatic carbocycles. The Morgan fingerprint density at radius 1 is 0.889 bits per heavy atom. The summed E-state index contributed by atoms with van der Waals surface area (Å²) in [7, 11) is 0. The second-order valence-corrected chi connectivity index (χ2v) is 4.41. The average Bonchev–Trinajstić information content (AvgIpc) is 2.40. The fourth-order valence-corrected chi connectivity index (χ4v) is 2.24. The zero-order valence-electron chi connectivity index (χ0n) is 10.7. The molecule has 0 unspecified atom stereocenters. The van der Waals surface area contributed by atoms with Crippen molar-refractivity contribution < 1.29 is 0 Å². The van der Waals surface area contributed by atoms with Crippen molar-refractivity contribution in [2.45, 2.75) is 6.54 Å². The molecule has 0 heterocycles. The number of benzene rings is 2. The van der Waals surface area contributed by atoms with Gasteiger partial charge in [-0.1, -0.05) is 54.6 Å². The summed E-state index contributed by atoms with van der Waals surface area (Å²) in [4.78, 5) is 2.32. The van der Waals surface area contributed by atoms with Crippen LogP contribution in [0.5, 0.6) is 0 Å². The van der Waals surface area contributed by atoms with Gasteiger partial charge in [0.2, 0.25) is 0 Å². The van der Waals surface area contributed by atoms with Crippen LogP contribution < -0.4 is 0 Å². The van der Waals surface area contributed by atoms with Crippen LogP contribution in [0.15, 0.2) is 67.8 Å². The van der Waals surface area contributed by atoms with E-state index in [0.717, 1.165) is 19.6 Å². The van der Waals surface area contributed by atoms with Gasteiger partial charge in [0.1, 0.15) is 0 Å². The van der Waals surface area contributed by atoms with Crippen molar-refractivity contribution in [1.82, 2.24) is 4.90 Å². The van der Waals surface area contributed by atoms with Gasteiger partial charge in [0.05, 0.1) is 0 Å². The van der Waals surface area contributed by atoms with Crippen LogP contribution >= 0.6 is 0 Å². The van der Waals surface area contributed by atoms with Gasteiger partial charge in [0.15, 0.2) is 0 Å². The van der Waals surface area contributed by atoms with Crippen molar-refractivity contribution in [3.63, 3.8) is 0 Å². The van der Waals surface area contributed by atoms with Crippen LogP contribution in [0.2, 0.25) is 0 Å². The molecule has 0 aliphatic rings. The maximum absolute atomic E-state index is 3.81. The van der Waals surface area contributed by atoms with Crippen LogP contribution in [0.3, 0.4) is 0 Å². The Bertz CT molecular complexity index is 527. The molecule has 1 nitrogen and oxygen atoms in total. The number of nitrogens with zero attached hydrogens (tertiary/aromatic N) is 1. The van der Waals surface area contributed by atoms with Gasteiger partial charge in [-0.15, -0.1) is 13.2 Å². The average molecular weight is 237 g/mol. The largest absolute Gasteiger partial charge is 0.292 e. The fourth-order valence-electron chi connectivity index (χ4n) is 2.24. The summed E-state index contributed by atoms with van der Waals surface area (Å²) >= 11 is 0. The summed E-state index contributed by atoms with van der Waals surface area (Å²) in [6.45, 7) is 10.3. The molecule has 0 N–H and O–H groups in total. The smallest absolute Gasteiger partial charge is 0.0246 e. The Labute approximate surface area is 109 Å². The second-order valence-electron chi connectivity index (χ2n) is 4.41. The molecule has 0 aromatic heterocycles. The molecular weight excluding hydrogens is 218 g/mol. The van der Waals surface area contributed by atoms with Crippen molar-refractivity contribution in [2.24, 2.45) is 0 Å². The summed E-state index contributed by atoms with van der Waals surface area (Å²) in [5.74, 6) is 0. The minimum atomic E-state index is 0.884. The molecule has 0 spiro atoms. The quantitative estimate of drug-likeness (QED) is 0.686. The second kappa shape index (κ2) is 6.18. The van der Waals surface area contributed by atoms with Crippen molar-refractivity contribution in [3.05, 3.63) is 73.3 Å². The highest BCUT2D eigenvalue weighted by atomic mass is 15.1. The maximum Gasteiger partial charge on any atom is 0.0246 e. The van der Waals surface area contributed by atoms with E-state index >= 15 is 0 Å². The van der Waals surface area contributed by atoms with Gasteiger partial charge in [-0.3, -0.25) is 4.90 Å². The third-order valence-corrected chi connectivity index (χ3v) is 3.05. The van der Waals surface area contributed by atoms with Gasteiger partial charge in [-0.25, -0.2) is 0 Å². The highest BCUT2D eigenvalue weighted by Crippen LogP contribution is 2.19. The molecular formula is C17H19N. The lowest BCUT2D eigenvalue weighted by Gasteiger charge is -2.19. The molecule has 0 saturated carbocycles. The summed E-state index contributed by atoms with van der Waals surface area (Å²) < 4.78 is 0. The third-order valence-electron chi connectivity index (χ3n) is 3.05. The topological polar surface area (TPSA) is 3.24 Å². The first-order valence-electron chi connectivity index (χ1n) is 6.26. The minimum absolute atomic E-state index is 0.884. The Hall–Kier alpha value is -1.86. The van der Waals surface area contributed by atoms with Crippen LogP contribution in [0.25, 0.3) is 10.8 Å². The minimum Gasteiger partial charge on any atom is -0.292 e. The lowest BCUT2D eigenvalue weighted by molar-refractivity contribution is 0.329. The molecule has 0 aliphatic heterocycles. The fraction of sp³-hybridized carbons (Fsp3) is 0.176. The van der Waals surface area contributed by atoms with Crippen LogP contribution in [-0.2, 0) is 6.54 Å². The molecule has 18 heavy (non-hydrogen) atoms. The van der Waals surface area contributed by atoms with E-state index in [1.807, 2.05) is 12.2 Å². The molecule has 0 atom stereocenters. The zero-order valence-corrected chi connectivity index (χ0v) is 10.7. The Kier molecular flexibility index (Phi) is 4.32. The van der Waals surface area contributed by atoms with Crippen molar-refractivity contribution in [2.75, 3.05) is 13.1 Å². The first-order chi connectivity index (χ1) is 8.85. The standard InChI is InChI=1S/C17H19N/c1-3-12-18(13-4-2)14-16-10-7-9-15-8-5-6-11-17(15)16/h3-11H,1-2,12-14H2. The molecule has 0 saturated heterocycles. The highest BCUT2D eigenvalue weighted by Gasteiger charge is 2.05. The number of rotatable bonds is 6. The van der Waals surface area contributed by atoms with Crippen LogP contribution in [-0.4, -0.2) is 18.0 Å². The van der Waals surface area contributed by atoms with Crippen molar-refractivity contribution in [3.8, 4) is 0 Å². The SMILES string of the molecule is C=CCN(CC=C)Cc1cccc2ccccc12. The van der Waals surface area contributed by atoms with Crippen LogP contribution in [0, 0.1) is 0 Å². The van der Waals surface area contributed by atoms with Gasteiger partial charge in [-0.05, 0) is 16.3 Å². The van der Waals surface area contributed by atoms with E-state index in [9.17, 15) is 0 Å². The molecule has 0 bridgehead atoms. The molecule has 0 amide bonds. The van der Waals surface area contributed by atoms with Gasteiger partial charge < -0.3 is 0 Å². The molecule has 0 fully saturated rings. The molecule has 1 heteroatoms. The third kappa shape index (κ3) is 2.88. The molecule has 2 rings (SSSR count). The Morgan fingerprint density at radius 3 is 2.28 bits per heavy atom. The predicted octanol–water partition coefficient (Wildman–Crippen LogP) is 4.01. The molecule has 92 valence electrons. The van der Waals surface area contributed by atoms with Gasteiger partial charge >= 0.3 is 0 Å². The molecule has 2 aromatic rings. The van der Waals surface area contributed by atoms with Gasteiger partial charge in [0.25, 0.3) is 0 Å². The first-order valence-corrected chi connectivity index (χ1v) is 6.26. The van der Waals surface area contributed by atoms with E-state index in [1.54, 1.807) is 0 Å². The van der Waals surface area contributed by atoms with E-state index in [1.165, 1.54) is 16.3 Å². The van der Waals surface area contributed by atoms with E-state index in [0.29, 0.717) is 0 Å². The van der Waals surface area contributed by atoms with Crippen LogP contribution in [0.4, 0.5) is 0 Å². The van der Waals surface area contributed by atoms with Crippen LogP contribution in [0.1, 0.15) is 5.56 Å². The molecule has 2 aromatic carbocycles. The normalized spacial score (nSPS) is 10.7. The van der Waals surface area contributed by atoms with E-state index in [-0.39, 0.29) is 0 Å². The van der Waals surface area contributed by atoms with Crippen molar-refractivity contribution in [1.29, 1.82) is 0 Å². The Balaban J connectivity index is 2.29. The number of fused-ring (bicyclic) bond motifs is 1. The molecule has 0 radical (unpaired) electrons. The number of hydrogen-bond acceptors (Lipinski definition) is 1. The summed E-state index contributed by atoms with van der Waals surface area (Å²) in [6, 6.07) is 15.0. The Morgan fingerprint density at radius 2 is 1.56 bits per heavy atom. The highest BCUT2D eigenvalue weighted by molar-refractivity contribution is 5.85. The maximum atomic E-state index is 3.81. The van der Waals surface area contributed by atoms with Gasteiger partial charge in [0, 0.05) is 19.6 Å². The first kappa shape index (κ1) is 12.6.